The summed E-state index contributed by atoms with van der Waals surface area (Å²) in [5.41, 5.74) is 0. The minimum Gasteiger partial charge on any atom is -0.335 e. The molecule has 0 aromatic carbocycles. The second kappa shape index (κ2) is 2.50. The second-order valence-electron chi connectivity index (χ2n) is 1.79. The lowest BCUT2D eigenvalue weighted by atomic mass is 10.9. The van der Waals surface area contributed by atoms with E-state index in [1.165, 1.54) is 6.33 Å². The molecule has 1 N–H and O–H groups in total. The van der Waals surface area contributed by atoms with Crippen molar-refractivity contribution in [1.29, 1.82) is 0 Å². The van der Waals surface area contributed by atoms with Gasteiger partial charge in [0.1, 0.15) is 3.70 Å². The molecule has 1 aromatic heterocycles. The number of nitrogens with one attached hydrogen (secondary N) is 1. The number of rotatable bonds is 1. The molecule has 0 bridgehead atoms. The normalized spacial score (nSPS) is 11.8. The highest BCUT2D eigenvalue weighted by atomic mass is 127. The minimum atomic E-state index is -3.12. The van der Waals surface area contributed by atoms with Crippen molar-refractivity contribution in [2.75, 3.05) is 6.26 Å². The molecule has 10 heavy (non-hydrogen) atoms. The summed E-state index contributed by atoms with van der Waals surface area (Å²) < 4.78 is 22.2. The summed E-state index contributed by atoms with van der Waals surface area (Å²) in [6.45, 7) is 0. The lowest BCUT2D eigenvalue weighted by Gasteiger charge is -1.90. The van der Waals surface area contributed by atoms with Gasteiger partial charge in [0.2, 0.25) is 0 Å². The zero-order valence-electron chi connectivity index (χ0n) is 5.13. The van der Waals surface area contributed by atoms with Gasteiger partial charge in [0, 0.05) is 6.26 Å². The van der Waals surface area contributed by atoms with Crippen LogP contribution in [0.4, 0.5) is 0 Å². The van der Waals surface area contributed by atoms with Crippen molar-refractivity contribution < 1.29 is 8.42 Å². The van der Waals surface area contributed by atoms with Crippen LogP contribution < -0.4 is 0 Å². The number of aromatic amines is 1. The van der Waals surface area contributed by atoms with E-state index in [9.17, 15) is 8.42 Å². The maximum Gasteiger partial charge on any atom is 0.193 e. The molecule has 0 unspecified atom stereocenters. The maximum atomic E-state index is 10.8. The molecular weight excluding hydrogens is 267 g/mol. The third-order valence-electron chi connectivity index (χ3n) is 0.932. The lowest BCUT2D eigenvalue weighted by Crippen LogP contribution is -1.99. The van der Waals surface area contributed by atoms with E-state index in [1.54, 1.807) is 0 Å². The summed E-state index contributed by atoms with van der Waals surface area (Å²) >= 11 is 1.86. The van der Waals surface area contributed by atoms with Crippen LogP contribution in [0.3, 0.4) is 0 Å². The fourth-order valence-corrected chi connectivity index (χ4v) is 2.65. The third-order valence-corrected chi connectivity index (χ3v) is 3.17. The molecule has 0 aliphatic rings. The first kappa shape index (κ1) is 7.99. The topological polar surface area (TPSA) is 62.8 Å². The molecule has 0 spiro atoms. The van der Waals surface area contributed by atoms with Crippen molar-refractivity contribution in [2.45, 2.75) is 5.03 Å². The number of halogens is 1. The molecule has 0 atom stereocenters. The Balaban J connectivity index is 3.32. The standard InChI is InChI=1S/C4H5IN2O2S/c1-10(8,9)4-3(5)6-2-7-4/h2H,1H3,(H,6,7). The molecular formula is C4H5IN2O2S. The molecule has 0 saturated carbocycles. The highest BCUT2D eigenvalue weighted by Crippen LogP contribution is 2.11. The SMILES string of the molecule is CS(=O)(=O)c1[nH]cnc1I. The van der Waals surface area contributed by atoms with Crippen LogP contribution in [-0.2, 0) is 9.84 Å². The first-order chi connectivity index (χ1) is 4.52. The van der Waals surface area contributed by atoms with Gasteiger partial charge < -0.3 is 4.98 Å². The second-order valence-corrected chi connectivity index (χ2v) is 4.77. The Morgan fingerprint density at radius 2 is 2.30 bits per heavy atom. The van der Waals surface area contributed by atoms with Gasteiger partial charge in [0.05, 0.1) is 6.33 Å². The van der Waals surface area contributed by atoms with Gasteiger partial charge in [-0.05, 0) is 22.6 Å². The molecule has 56 valence electrons. The van der Waals surface area contributed by atoms with Crippen LogP contribution in [0.15, 0.2) is 11.4 Å². The molecule has 1 heterocycles. The fourth-order valence-electron chi connectivity index (χ4n) is 0.526. The molecule has 0 saturated heterocycles. The van der Waals surface area contributed by atoms with Crippen LogP contribution in [0.2, 0.25) is 0 Å². The third kappa shape index (κ3) is 1.48. The molecule has 0 amide bonds. The van der Waals surface area contributed by atoms with Gasteiger partial charge in [-0.3, -0.25) is 0 Å². The highest BCUT2D eigenvalue weighted by molar-refractivity contribution is 14.1. The van der Waals surface area contributed by atoms with E-state index in [4.69, 9.17) is 0 Å². The van der Waals surface area contributed by atoms with Gasteiger partial charge in [-0.2, -0.15) is 0 Å². The Hall–Kier alpha value is -0.110. The van der Waals surface area contributed by atoms with E-state index in [0.717, 1.165) is 6.26 Å². The molecule has 0 aliphatic carbocycles. The Morgan fingerprint density at radius 1 is 1.70 bits per heavy atom. The van der Waals surface area contributed by atoms with Crippen molar-refractivity contribution in [1.82, 2.24) is 9.97 Å². The summed E-state index contributed by atoms with van der Waals surface area (Å²) in [6, 6.07) is 0. The van der Waals surface area contributed by atoms with Gasteiger partial charge in [-0.25, -0.2) is 13.4 Å². The minimum absolute atomic E-state index is 0.188. The summed E-state index contributed by atoms with van der Waals surface area (Å²) in [7, 11) is -3.12. The molecule has 6 heteroatoms. The molecule has 4 nitrogen and oxygen atoms in total. The van der Waals surface area contributed by atoms with Gasteiger partial charge in [-0.1, -0.05) is 0 Å². The van der Waals surface area contributed by atoms with Crippen molar-refractivity contribution in [3.63, 3.8) is 0 Å². The van der Waals surface area contributed by atoms with Crippen LogP contribution in [0.1, 0.15) is 0 Å². The average molecular weight is 272 g/mol. The Labute approximate surface area is 72.1 Å². The fraction of sp³-hybridized carbons (Fsp3) is 0.250. The largest absolute Gasteiger partial charge is 0.335 e. The number of nitrogens with zero attached hydrogens (tertiary/aromatic N) is 1. The van der Waals surface area contributed by atoms with Crippen molar-refractivity contribution in [3.8, 4) is 0 Å². The predicted octanol–water partition coefficient (Wildman–Crippen LogP) is 0.418. The Bertz CT molecular complexity index is 329. The Kier molecular flexibility index (Phi) is 1.99. The van der Waals surface area contributed by atoms with Crippen LogP contribution in [0, 0.1) is 3.70 Å². The number of imidazole rings is 1. The molecule has 0 aliphatic heterocycles. The molecule has 0 radical (unpaired) electrons. The summed E-state index contributed by atoms with van der Waals surface area (Å²) in [4.78, 5) is 6.27. The van der Waals surface area contributed by atoms with Crippen LogP contribution in [-0.4, -0.2) is 24.6 Å². The van der Waals surface area contributed by atoms with E-state index in [0.29, 0.717) is 3.70 Å². The van der Waals surface area contributed by atoms with E-state index in [2.05, 4.69) is 9.97 Å². The predicted molar refractivity (Wildman–Crippen MR) is 44.4 cm³/mol. The van der Waals surface area contributed by atoms with E-state index < -0.39 is 9.84 Å². The maximum absolute atomic E-state index is 10.8. The molecule has 1 aromatic rings. The van der Waals surface area contributed by atoms with Crippen molar-refractivity contribution in [2.24, 2.45) is 0 Å². The number of hydrogen-bond donors (Lipinski definition) is 1. The number of hydrogen-bond acceptors (Lipinski definition) is 3. The summed E-state index contributed by atoms with van der Waals surface area (Å²) in [5.74, 6) is 0. The number of H-pyrrole nitrogens is 1. The summed E-state index contributed by atoms with van der Waals surface area (Å²) in [5, 5.41) is 0.188. The highest BCUT2D eigenvalue weighted by Gasteiger charge is 2.12. The van der Waals surface area contributed by atoms with Crippen LogP contribution in [0.5, 0.6) is 0 Å². The first-order valence-electron chi connectivity index (χ1n) is 2.41. The Morgan fingerprint density at radius 3 is 2.50 bits per heavy atom. The van der Waals surface area contributed by atoms with E-state index >= 15 is 0 Å². The molecule has 0 fully saturated rings. The monoisotopic (exact) mass is 272 g/mol. The smallest absolute Gasteiger partial charge is 0.193 e. The van der Waals surface area contributed by atoms with Gasteiger partial charge in [-0.15, -0.1) is 0 Å². The zero-order chi connectivity index (χ0) is 7.78. The summed E-state index contributed by atoms with van der Waals surface area (Å²) in [6.07, 6.45) is 2.50. The first-order valence-corrected chi connectivity index (χ1v) is 5.38. The van der Waals surface area contributed by atoms with E-state index in [-0.39, 0.29) is 5.03 Å². The average Bonchev–Trinajstić information content (AvgIpc) is 2.11. The zero-order valence-corrected chi connectivity index (χ0v) is 8.10. The van der Waals surface area contributed by atoms with Gasteiger partial charge >= 0.3 is 0 Å². The molecule has 1 rings (SSSR count). The van der Waals surface area contributed by atoms with Crippen molar-refractivity contribution >= 4 is 32.4 Å². The van der Waals surface area contributed by atoms with Gasteiger partial charge in [0.15, 0.2) is 14.9 Å². The van der Waals surface area contributed by atoms with Crippen LogP contribution in [0.25, 0.3) is 0 Å². The number of sulfone groups is 1. The number of aromatic nitrogens is 2. The quantitative estimate of drug-likeness (QED) is 0.753. The van der Waals surface area contributed by atoms with Crippen LogP contribution >= 0.6 is 22.6 Å². The van der Waals surface area contributed by atoms with Gasteiger partial charge in [0.25, 0.3) is 0 Å². The lowest BCUT2D eigenvalue weighted by molar-refractivity contribution is 0.598. The van der Waals surface area contributed by atoms with Crippen molar-refractivity contribution in [3.05, 3.63) is 10.0 Å². The van der Waals surface area contributed by atoms with E-state index in [1.807, 2.05) is 22.6 Å².